The molecule has 0 bridgehead atoms. The van der Waals surface area contributed by atoms with Crippen molar-refractivity contribution in [3.8, 4) is 34.4 Å². The molecule has 0 N–H and O–H groups in total. The Balaban J connectivity index is 1.40. The Bertz CT molecular complexity index is 1340. The molecule has 1 unspecified atom stereocenters. The summed E-state index contributed by atoms with van der Waals surface area (Å²) in [5, 5.41) is 8.27. The van der Waals surface area contributed by atoms with Gasteiger partial charge in [-0.05, 0) is 83.5 Å². The van der Waals surface area contributed by atoms with E-state index in [0.717, 1.165) is 29.7 Å². The van der Waals surface area contributed by atoms with Crippen LogP contribution < -0.4 is 9.26 Å². The van der Waals surface area contributed by atoms with Gasteiger partial charge in [0.05, 0.1) is 15.0 Å². The van der Waals surface area contributed by atoms with E-state index in [4.69, 9.17) is 13.7 Å². The minimum atomic E-state index is -0.399. The van der Waals surface area contributed by atoms with Crippen LogP contribution in [0.25, 0.3) is 22.9 Å². The molecule has 37 heavy (non-hydrogen) atoms. The molecule has 0 aliphatic heterocycles. The third kappa shape index (κ3) is 6.44. The molecule has 0 radical (unpaired) electrons. The van der Waals surface area contributed by atoms with E-state index in [9.17, 15) is 4.79 Å². The maximum Gasteiger partial charge on any atom is 0.343 e. The SMILES string of the molecule is CCC(C)(C)CC(C)(C)c1ccc(C(=O)Oc2ccc(-c3nnc(-c4ccc(OP)cc4)o3)cc2)cc1. The third-order valence-corrected chi connectivity index (χ3v) is 7.03. The van der Waals surface area contributed by atoms with Crippen molar-refractivity contribution in [1.82, 2.24) is 10.2 Å². The standard InChI is InChI=1S/C30H33N2O4P/c1-6-29(2,3)19-30(4,5)23-13-7-22(8-14-23)28(33)34-24-15-9-20(10-16-24)26-31-32-27(35-26)21-11-17-25(36-37)18-12-21/h7-18H,6,19,37H2,1-5H3. The molecular formula is C30H33N2O4P. The second-order valence-corrected chi connectivity index (χ2v) is 10.9. The first kappa shape index (κ1) is 26.6. The van der Waals surface area contributed by atoms with Crippen LogP contribution in [0.3, 0.4) is 0 Å². The molecule has 0 fully saturated rings. The Hall–Kier alpha value is -3.50. The van der Waals surface area contributed by atoms with E-state index in [2.05, 4.69) is 54.3 Å². The van der Waals surface area contributed by atoms with Gasteiger partial charge in [0, 0.05) is 11.1 Å². The van der Waals surface area contributed by atoms with Crippen molar-refractivity contribution in [3.63, 3.8) is 0 Å². The Kier molecular flexibility index (Phi) is 7.79. The van der Waals surface area contributed by atoms with Crippen molar-refractivity contribution in [2.75, 3.05) is 0 Å². The third-order valence-electron chi connectivity index (χ3n) is 6.75. The van der Waals surface area contributed by atoms with Gasteiger partial charge in [-0.2, -0.15) is 0 Å². The molecule has 7 heteroatoms. The molecule has 0 saturated heterocycles. The van der Waals surface area contributed by atoms with Crippen LogP contribution in [0.15, 0.2) is 77.2 Å². The minimum Gasteiger partial charge on any atom is -0.480 e. The number of carbonyl (C=O) groups is 1. The number of rotatable bonds is 9. The number of benzene rings is 3. The molecule has 1 atom stereocenters. The van der Waals surface area contributed by atoms with Gasteiger partial charge >= 0.3 is 5.97 Å². The maximum absolute atomic E-state index is 12.7. The van der Waals surface area contributed by atoms with Gasteiger partial charge in [-0.3, -0.25) is 0 Å². The van der Waals surface area contributed by atoms with Crippen molar-refractivity contribution in [2.45, 2.75) is 52.9 Å². The van der Waals surface area contributed by atoms with Crippen molar-refractivity contribution < 1.29 is 18.5 Å². The van der Waals surface area contributed by atoms with Crippen LogP contribution >= 0.6 is 9.47 Å². The quantitative estimate of drug-likeness (QED) is 0.128. The first-order valence-corrected chi connectivity index (χ1v) is 12.8. The lowest BCUT2D eigenvalue weighted by molar-refractivity contribution is 0.0734. The largest absolute Gasteiger partial charge is 0.480 e. The summed E-state index contributed by atoms with van der Waals surface area (Å²) in [4.78, 5) is 12.7. The molecule has 6 nitrogen and oxygen atoms in total. The Labute approximate surface area is 220 Å². The highest BCUT2D eigenvalue weighted by atomic mass is 31.0. The molecule has 0 spiro atoms. The van der Waals surface area contributed by atoms with Gasteiger partial charge in [0.25, 0.3) is 0 Å². The molecule has 4 aromatic rings. The number of esters is 1. The van der Waals surface area contributed by atoms with Crippen LogP contribution in [0.4, 0.5) is 0 Å². The van der Waals surface area contributed by atoms with E-state index in [1.54, 1.807) is 24.3 Å². The van der Waals surface area contributed by atoms with Crippen LogP contribution in [0.2, 0.25) is 0 Å². The average molecular weight is 517 g/mol. The Morgan fingerprint density at radius 2 is 1.32 bits per heavy atom. The molecule has 192 valence electrons. The lowest BCUT2D eigenvalue weighted by Crippen LogP contribution is -2.26. The van der Waals surface area contributed by atoms with Crippen LogP contribution in [0, 0.1) is 5.41 Å². The summed E-state index contributed by atoms with van der Waals surface area (Å²) in [6, 6.07) is 22.1. The molecule has 4 rings (SSSR count). The molecule has 1 heterocycles. The fourth-order valence-electron chi connectivity index (χ4n) is 4.45. The Morgan fingerprint density at radius 3 is 1.81 bits per heavy atom. The predicted octanol–water partition coefficient (Wildman–Crippen LogP) is 7.90. The second kappa shape index (κ2) is 10.9. The maximum atomic E-state index is 12.7. The summed E-state index contributed by atoms with van der Waals surface area (Å²) < 4.78 is 16.5. The van der Waals surface area contributed by atoms with Crippen molar-refractivity contribution in [3.05, 3.63) is 83.9 Å². The second-order valence-electron chi connectivity index (χ2n) is 10.6. The van der Waals surface area contributed by atoms with Gasteiger partial charge in [0.1, 0.15) is 11.5 Å². The lowest BCUT2D eigenvalue weighted by atomic mass is 9.70. The fourth-order valence-corrected chi connectivity index (χ4v) is 4.60. The van der Waals surface area contributed by atoms with E-state index in [1.807, 2.05) is 48.5 Å². The van der Waals surface area contributed by atoms with Crippen LogP contribution in [0.1, 0.15) is 63.4 Å². The summed E-state index contributed by atoms with van der Waals surface area (Å²) in [7, 11) is 2.21. The van der Waals surface area contributed by atoms with Gasteiger partial charge in [-0.15, -0.1) is 10.2 Å². The molecule has 3 aromatic carbocycles. The topological polar surface area (TPSA) is 74.5 Å². The summed E-state index contributed by atoms with van der Waals surface area (Å²) >= 11 is 0. The summed E-state index contributed by atoms with van der Waals surface area (Å²) in [5.41, 5.74) is 3.51. The van der Waals surface area contributed by atoms with Crippen LogP contribution in [-0.4, -0.2) is 16.2 Å². The zero-order valence-corrected chi connectivity index (χ0v) is 23.1. The van der Waals surface area contributed by atoms with Gasteiger partial charge < -0.3 is 13.7 Å². The molecule has 1 aromatic heterocycles. The predicted molar refractivity (Wildman–Crippen MR) is 149 cm³/mol. The van der Waals surface area contributed by atoms with Gasteiger partial charge in [-0.25, -0.2) is 4.79 Å². The Morgan fingerprint density at radius 1 is 0.811 bits per heavy atom. The highest BCUT2D eigenvalue weighted by Crippen LogP contribution is 2.38. The van der Waals surface area contributed by atoms with Crippen LogP contribution in [0.5, 0.6) is 11.5 Å². The summed E-state index contributed by atoms with van der Waals surface area (Å²) in [6.07, 6.45) is 2.18. The van der Waals surface area contributed by atoms with Gasteiger partial charge in [-0.1, -0.05) is 53.2 Å². The highest BCUT2D eigenvalue weighted by Gasteiger charge is 2.29. The molecule has 0 amide bonds. The van der Waals surface area contributed by atoms with E-state index >= 15 is 0 Å². The van der Waals surface area contributed by atoms with Crippen molar-refractivity contribution in [1.29, 1.82) is 0 Å². The zero-order chi connectivity index (χ0) is 26.6. The molecule has 0 aliphatic rings. The van der Waals surface area contributed by atoms with E-state index in [1.165, 1.54) is 5.56 Å². The smallest absolute Gasteiger partial charge is 0.343 e. The van der Waals surface area contributed by atoms with Crippen molar-refractivity contribution >= 4 is 15.4 Å². The van der Waals surface area contributed by atoms with E-state index in [0.29, 0.717) is 23.1 Å². The summed E-state index contributed by atoms with van der Waals surface area (Å²) in [6.45, 7) is 11.3. The lowest BCUT2D eigenvalue weighted by Gasteiger charge is -2.35. The summed E-state index contributed by atoms with van der Waals surface area (Å²) in [5.74, 6) is 1.54. The first-order valence-electron chi connectivity index (χ1n) is 12.3. The number of ether oxygens (including phenoxy) is 1. The number of nitrogens with zero attached hydrogens (tertiary/aromatic N) is 2. The zero-order valence-electron chi connectivity index (χ0n) is 21.9. The van der Waals surface area contributed by atoms with Crippen LogP contribution in [-0.2, 0) is 5.41 Å². The van der Waals surface area contributed by atoms with E-state index < -0.39 is 5.97 Å². The number of hydrogen-bond acceptors (Lipinski definition) is 6. The number of aromatic nitrogens is 2. The first-order chi connectivity index (χ1) is 17.6. The monoisotopic (exact) mass is 516 g/mol. The molecule has 0 aliphatic carbocycles. The van der Waals surface area contributed by atoms with Crippen molar-refractivity contribution in [2.24, 2.45) is 5.41 Å². The number of carbonyl (C=O) groups excluding carboxylic acids is 1. The molecular weight excluding hydrogens is 483 g/mol. The fraction of sp³-hybridized carbons (Fsp3) is 0.300. The highest BCUT2D eigenvalue weighted by molar-refractivity contribution is 7.10. The molecule has 0 saturated carbocycles. The minimum absolute atomic E-state index is 0.0128. The average Bonchev–Trinajstić information content (AvgIpc) is 3.39. The van der Waals surface area contributed by atoms with Gasteiger partial charge in [0.15, 0.2) is 0 Å². The normalized spacial score (nSPS) is 11.8. The van der Waals surface area contributed by atoms with Gasteiger partial charge in [0.2, 0.25) is 11.8 Å². The van der Waals surface area contributed by atoms with E-state index in [-0.39, 0.29) is 10.8 Å². The number of hydrogen-bond donors (Lipinski definition) is 0.